The standard InChI is InChI=1S/C12H23N3O2S2/c1-4-6-13-7-5-8-19(16,17)15(3)9-12-11(2)14-10-18-12/h10,13H,4-9H2,1-3H3. The molecule has 1 N–H and O–H groups in total. The van der Waals surface area contributed by atoms with Crippen molar-refractivity contribution >= 4 is 21.4 Å². The minimum atomic E-state index is -3.17. The highest BCUT2D eigenvalue weighted by atomic mass is 32.2. The summed E-state index contributed by atoms with van der Waals surface area (Å²) >= 11 is 1.50. The third kappa shape index (κ3) is 5.56. The van der Waals surface area contributed by atoms with Crippen LogP contribution in [-0.4, -0.2) is 43.6 Å². The first kappa shape index (κ1) is 16.6. The summed E-state index contributed by atoms with van der Waals surface area (Å²) in [6.07, 6.45) is 1.71. The van der Waals surface area contributed by atoms with Gasteiger partial charge in [0.2, 0.25) is 10.0 Å². The summed E-state index contributed by atoms with van der Waals surface area (Å²) in [4.78, 5) is 5.14. The maximum absolute atomic E-state index is 12.1. The monoisotopic (exact) mass is 305 g/mol. The van der Waals surface area contributed by atoms with Crippen molar-refractivity contribution in [3.63, 3.8) is 0 Å². The van der Waals surface area contributed by atoms with E-state index in [1.807, 2.05) is 6.92 Å². The van der Waals surface area contributed by atoms with Crippen LogP contribution in [-0.2, 0) is 16.6 Å². The van der Waals surface area contributed by atoms with Gasteiger partial charge in [-0.25, -0.2) is 13.4 Å². The lowest BCUT2D eigenvalue weighted by molar-refractivity contribution is 0.466. The Bertz CT molecular complexity index is 471. The molecule has 1 aromatic rings. The molecule has 0 bridgehead atoms. The molecular formula is C12H23N3O2S2. The highest BCUT2D eigenvalue weighted by Crippen LogP contribution is 2.16. The minimum absolute atomic E-state index is 0.193. The third-order valence-electron chi connectivity index (χ3n) is 2.87. The molecule has 7 heteroatoms. The molecule has 0 saturated heterocycles. The second kappa shape index (κ2) is 7.94. The van der Waals surface area contributed by atoms with Crippen LogP contribution in [0.4, 0.5) is 0 Å². The molecule has 110 valence electrons. The molecule has 0 fully saturated rings. The van der Waals surface area contributed by atoms with Crippen molar-refractivity contribution in [3.05, 3.63) is 16.1 Å². The van der Waals surface area contributed by atoms with Crippen LogP contribution < -0.4 is 5.32 Å². The van der Waals surface area contributed by atoms with Gasteiger partial charge < -0.3 is 5.32 Å². The molecule has 0 aliphatic rings. The maximum Gasteiger partial charge on any atom is 0.214 e. The molecule has 0 amide bonds. The van der Waals surface area contributed by atoms with Crippen molar-refractivity contribution in [1.82, 2.24) is 14.6 Å². The van der Waals surface area contributed by atoms with Crippen molar-refractivity contribution in [2.75, 3.05) is 25.9 Å². The Labute approximate surface area is 120 Å². The molecule has 0 aromatic carbocycles. The fourth-order valence-electron chi connectivity index (χ4n) is 1.62. The Hall–Kier alpha value is -0.500. The van der Waals surface area contributed by atoms with Gasteiger partial charge >= 0.3 is 0 Å². The number of hydrogen-bond donors (Lipinski definition) is 1. The summed E-state index contributed by atoms with van der Waals surface area (Å²) in [6.45, 7) is 6.10. The topological polar surface area (TPSA) is 62.3 Å². The lowest BCUT2D eigenvalue weighted by Gasteiger charge is -2.16. The lowest BCUT2D eigenvalue weighted by Crippen LogP contribution is -2.30. The van der Waals surface area contributed by atoms with E-state index in [0.29, 0.717) is 13.0 Å². The number of nitrogens with zero attached hydrogens (tertiary/aromatic N) is 2. The SMILES string of the molecule is CCCNCCCS(=O)(=O)N(C)Cc1scnc1C. The van der Waals surface area contributed by atoms with Gasteiger partial charge in [0.05, 0.1) is 17.0 Å². The quantitative estimate of drug-likeness (QED) is 0.704. The van der Waals surface area contributed by atoms with E-state index in [-0.39, 0.29) is 5.75 Å². The maximum atomic E-state index is 12.1. The molecule has 1 rings (SSSR count). The summed E-state index contributed by atoms with van der Waals surface area (Å²) in [5.74, 6) is 0.193. The first-order chi connectivity index (χ1) is 8.97. The molecule has 0 saturated carbocycles. The van der Waals surface area contributed by atoms with Crippen molar-refractivity contribution in [3.8, 4) is 0 Å². The highest BCUT2D eigenvalue weighted by molar-refractivity contribution is 7.89. The Morgan fingerprint density at radius 3 is 2.74 bits per heavy atom. The molecule has 19 heavy (non-hydrogen) atoms. The second-order valence-corrected chi connectivity index (χ2v) is 7.67. The fourth-order valence-corrected chi connectivity index (χ4v) is 3.67. The van der Waals surface area contributed by atoms with Gasteiger partial charge in [0.25, 0.3) is 0 Å². The van der Waals surface area contributed by atoms with E-state index in [1.54, 1.807) is 12.6 Å². The summed E-state index contributed by atoms with van der Waals surface area (Å²) < 4.78 is 25.6. The number of thiazole rings is 1. The molecule has 0 spiro atoms. The average molecular weight is 305 g/mol. The van der Waals surface area contributed by atoms with E-state index in [9.17, 15) is 8.42 Å². The van der Waals surface area contributed by atoms with E-state index >= 15 is 0 Å². The van der Waals surface area contributed by atoms with Crippen LogP contribution in [0.15, 0.2) is 5.51 Å². The van der Waals surface area contributed by atoms with Crippen LogP contribution in [0.3, 0.4) is 0 Å². The fraction of sp³-hybridized carbons (Fsp3) is 0.750. The number of aryl methyl sites for hydroxylation is 1. The van der Waals surface area contributed by atoms with Gasteiger partial charge in [0.1, 0.15) is 0 Å². The van der Waals surface area contributed by atoms with Gasteiger partial charge in [-0.15, -0.1) is 11.3 Å². The van der Waals surface area contributed by atoms with Crippen molar-refractivity contribution in [2.45, 2.75) is 33.2 Å². The minimum Gasteiger partial charge on any atom is -0.317 e. The Morgan fingerprint density at radius 1 is 1.42 bits per heavy atom. The summed E-state index contributed by atoms with van der Waals surface area (Å²) in [5.41, 5.74) is 2.66. The Balaban J connectivity index is 2.41. The third-order valence-corrected chi connectivity index (χ3v) is 5.67. The zero-order valence-electron chi connectivity index (χ0n) is 11.8. The molecule has 0 aliphatic carbocycles. The Kier molecular flexibility index (Phi) is 6.92. The predicted molar refractivity (Wildman–Crippen MR) is 79.9 cm³/mol. The van der Waals surface area contributed by atoms with Gasteiger partial charge in [-0.2, -0.15) is 4.31 Å². The van der Waals surface area contributed by atoms with Crippen LogP contribution in [0.25, 0.3) is 0 Å². The number of nitrogens with one attached hydrogen (secondary N) is 1. The van der Waals surface area contributed by atoms with Gasteiger partial charge in [0, 0.05) is 18.5 Å². The number of sulfonamides is 1. The molecule has 1 aromatic heterocycles. The average Bonchev–Trinajstić information content (AvgIpc) is 2.74. The smallest absolute Gasteiger partial charge is 0.214 e. The van der Waals surface area contributed by atoms with Gasteiger partial charge in [-0.1, -0.05) is 6.92 Å². The molecule has 0 aliphatic heterocycles. The summed E-state index contributed by atoms with van der Waals surface area (Å²) in [7, 11) is -1.54. The molecule has 5 nitrogen and oxygen atoms in total. The van der Waals surface area contributed by atoms with Gasteiger partial charge in [0.15, 0.2) is 0 Å². The van der Waals surface area contributed by atoms with E-state index in [1.165, 1.54) is 15.6 Å². The van der Waals surface area contributed by atoms with E-state index in [0.717, 1.165) is 30.1 Å². The van der Waals surface area contributed by atoms with Crippen LogP contribution in [0.5, 0.6) is 0 Å². The first-order valence-corrected chi connectivity index (χ1v) is 9.00. The van der Waals surface area contributed by atoms with E-state index in [4.69, 9.17) is 0 Å². The summed E-state index contributed by atoms with van der Waals surface area (Å²) in [6, 6.07) is 0. The number of rotatable bonds is 9. The lowest BCUT2D eigenvalue weighted by atomic mass is 10.4. The molecule has 1 heterocycles. The largest absolute Gasteiger partial charge is 0.317 e. The van der Waals surface area contributed by atoms with Crippen LogP contribution in [0.1, 0.15) is 30.3 Å². The molecule has 0 radical (unpaired) electrons. The van der Waals surface area contributed by atoms with Crippen molar-refractivity contribution < 1.29 is 8.42 Å². The number of aromatic nitrogens is 1. The van der Waals surface area contributed by atoms with Gasteiger partial charge in [-0.3, -0.25) is 0 Å². The normalized spacial score (nSPS) is 12.2. The molecular weight excluding hydrogens is 282 g/mol. The highest BCUT2D eigenvalue weighted by Gasteiger charge is 2.18. The van der Waals surface area contributed by atoms with Crippen molar-refractivity contribution in [2.24, 2.45) is 0 Å². The van der Waals surface area contributed by atoms with Crippen molar-refractivity contribution in [1.29, 1.82) is 0 Å². The summed E-state index contributed by atoms with van der Waals surface area (Å²) in [5, 5.41) is 3.21. The predicted octanol–water partition coefficient (Wildman–Crippen LogP) is 1.60. The number of hydrogen-bond acceptors (Lipinski definition) is 5. The van der Waals surface area contributed by atoms with Crippen LogP contribution in [0.2, 0.25) is 0 Å². The first-order valence-electron chi connectivity index (χ1n) is 6.51. The zero-order valence-corrected chi connectivity index (χ0v) is 13.5. The molecule has 0 atom stereocenters. The zero-order chi connectivity index (χ0) is 14.3. The van der Waals surface area contributed by atoms with Gasteiger partial charge in [-0.05, 0) is 32.9 Å². The molecule has 0 unspecified atom stereocenters. The van der Waals surface area contributed by atoms with E-state index < -0.39 is 10.0 Å². The Morgan fingerprint density at radius 2 is 2.16 bits per heavy atom. The van der Waals surface area contributed by atoms with Crippen LogP contribution in [0, 0.1) is 6.92 Å². The second-order valence-electron chi connectivity index (χ2n) is 4.54. The van der Waals surface area contributed by atoms with E-state index in [2.05, 4.69) is 17.2 Å². The van der Waals surface area contributed by atoms with Crippen LogP contribution >= 0.6 is 11.3 Å².